The van der Waals surface area contributed by atoms with Gasteiger partial charge in [0.2, 0.25) is 17.7 Å². The van der Waals surface area contributed by atoms with Crippen LogP contribution < -0.4 is 5.73 Å². The van der Waals surface area contributed by atoms with E-state index in [0.717, 1.165) is 47.7 Å². The number of benzene rings is 3. The van der Waals surface area contributed by atoms with Gasteiger partial charge in [0.05, 0.1) is 6.17 Å². The number of carbonyl (C=O) groups excluding carboxylic acids is 3. The van der Waals surface area contributed by atoms with Gasteiger partial charge in [0.1, 0.15) is 12.1 Å². The molecule has 8 nitrogen and oxygen atoms in total. The second kappa shape index (κ2) is 15.5. The lowest BCUT2D eigenvalue weighted by Crippen LogP contribution is -2.59. The Bertz CT molecular complexity index is 1520. The number of fused-ring (bicyclic) bond motifs is 1. The van der Waals surface area contributed by atoms with E-state index >= 15 is 0 Å². The molecule has 8 heteroatoms. The van der Waals surface area contributed by atoms with Crippen molar-refractivity contribution in [3.05, 3.63) is 96.1 Å². The van der Waals surface area contributed by atoms with Crippen LogP contribution >= 0.6 is 0 Å². The Morgan fingerprint density at radius 1 is 0.848 bits per heavy atom. The molecule has 0 radical (unpaired) electrons. The van der Waals surface area contributed by atoms with E-state index in [9.17, 15) is 14.4 Å². The number of rotatable bonds is 12. The molecule has 3 aromatic carbocycles. The summed E-state index contributed by atoms with van der Waals surface area (Å²) >= 11 is 0. The maximum Gasteiger partial charge on any atom is 0.246 e. The van der Waals surface area contributed by atoms with E-state index in [0.29, 0.717) is 19.3 Å². The van der Waals surface area contributed by atoms with E-state index in [2.05, 4.69) is 17.0 Å². The van der Waals surface area contributed by atoms with Gasteiger partial charge in [-0.1, -0.05) is 78.9 Å². The van der Waals surface area contributed by atoms with E-state index in [4.69, 9.17) is 5.73 Å². The fourth-order valence-electron chi connectivity index (χ4n) is 6.26. The number of hydrogen-bond acceptors (Lipinski definition) is 5. The molecule has 0 bridgehead atoms. The van der Waals surface area contributed by atoms with Gasteiger partial charge in [-0.25, -0.2) is 0 Å². The molecule has 1 fully saturated rings. The summed E-state index contributed by atoms with van der Waals surface area (Å²) < 4.78 is 0. The molecule has 1 aliphatic heterocycles. The molecule has 0 aromatic heterocycles. The van der Waals surface area contributed by atoms with Crippen LogP contribution in [0.3, 0.4) is 0 Å². The first-order valence-electron chi connectivity index (χ1n) is 16.3. The van der Waals surface area contributed by atoms with Crippen LogP contribution in [0.15, 0.2) is 84.9 Å². The Morgan fingerprint density at radius 2 is 1.48 bits per heavy atom. The Balaban J connectivity index is 1.67. The molecular formula is C38H51N5O3. The summed E-state index contributed by atoms with van der Waals surface area (Å²) in [5.74, 6) is -0.679. The van der Waals surface area contributed by atoms with Gasteiger partial charge in [0, 0.05) is 39.5 Å². The lowest BCUT2D eigenvalue weighted by Gasteiger charge is -2.42. The second-order valence-electron chi connectivity index (χ2n) is 13.5. The topological polar surface area (TPSA) is 90.2 Å². The highest BCUT2D eigenvalue weighted by Crippen LogP contribution is 2.23. The molecule has 3 amide bonds. The van der Waals surface area contributed by atoms with E-state index in [1.165, 1.54) is 11.0 Å². The van der Waals surface area contributed by atoms with Crippen molar-refractivity contribution in [2.45, 2.75) is 76.2 Å². The van der Waals surface area contributed by atoms with Crippen LogP contribution in [0.1, 0.15) is 50.7 Å². The average Bonchev–Trinajstić information content (AvgIpc) is 3.04. The first kappa shape index (κ1) is 34.9. The van der Waals surface area contributed by atoms with Crippen molar-refractivity contribution in [1.82, 2.24) is 19.6 Å². The van der Waals surface area contributed by atoms with Gasteiger partial charge in [0.25, 0.3) is 0 Å². The normalized spacial score (nSPS) is 17.1. The van der Waals surface area contributed by atoms with Gasteiger partial charge in [-0.05, 0) is 81.1 Å². The van der Waals surface area contributed by atoms with Crippen molar-refractivity contribution in [1.29, 1.82) is 0 Å². The Hall–Kier alpha value is -4.01. The zero-order valence-corrected chi connectivity index (χ0v) is 28.4. The zero-order chi connectivity index (χ0) is 33.4. The van der Waals surface area contributed by atoms with Crippen LogP contribution in [0.5, 0.6) is 0 Å². The van der Waals surface area contributed by atoms with Gasteiger partial charge in [-0.2, -0.15) is 0 Å². The molecule has 0 saturated carbocycles. The predicted molar refractivity (Wildman–Crippen MR) is 186 cm³/mol. The van der Waals surface area contributed by atoms with Crippen LogP contribution in [-0.2, 0) is 27.2 Å². The third-order valence-corrected chi connectivity index (χ3v) is 9.15. The van der Waals surface area contributed by atoms with E-state index in [1.807, 2.05) is 88.6 Å². The summed E-state index contributed by atoms with van der Waals surface area (Å²) in [6.45, 7) is 4.73. The molecular weight excluding hydrogens is 574 g/mol. The van der Waals surface area contributed by atoms with Crippen molar-refractivity contribution in [2.24, 2.45) is 5.73 Å². The predicted octanol–water partition coefficient (Wildman–Crippen LogP) is 4.86. The number of hydrogen-bond donors (Lipinski definition) is 1. The highest BCUT2D eigenvalue weighted by molar-refractivity contribution is 5.95. The first-order valence-corrected chi connectivity index (χ1v) is 16.3. The fraction of sp³-hybridized carbons (Fsp3) is 0.447. The van der Waals surface area contributed by atoms with Gasteiger partial charge < -0.3 is 20.4 Å². The van der Waals surface area contributed by atoms with E-state index in [1.54, 1.807) is 30.0 Å². The maximum absolute atomic E-state index is 14.6. The first-order chi connectivity index (χ1) is 21.9. The Kier molecular flexibility index (Phi) is 11.8. The number of piperidine rings is 1. The summed E-state index contributed by atoms with van der Waals surface area (Å²) in [5, 5.41) is 2.17. The Morgan fingerprint density at radius 3 is 2.15 bits per heavy atom. The number of likely N-dealkylation sites (N-methyl/N-ethyl adjacent to an activating group) is 3. The van der Waals surface area contributed by atoms with Crippen molar-refractivity contribution >= 4 is 28.5 Å². The standard InChI is InChI=1S/C38H51N5O3/c1-38(2,39)23-14-20-35(44)41(4)32(27-29-21-22-30-17-10-11-18-31(30)25-29)36(45)42(5)33(26-28-15-8-7-9-16-28)37(46)43(6)34-19-12-13-24-40(34)3/h7-11,14-18,20-22,25,32-34H,12-13,19,23-24,26-27,39H2,1-6H3/t32-,33-,34?/m1/s1. The minimum absolute atomic E-state index is 0.0300. The number of amides is 3. The van der Waals surface area contributed by atoms with E-state index in [-0.39, 0.29) is 23.9 Å². The van der Waals surface area contributed by atoms with Crippen molar-refractivity contribution in [3.63, 3.8) is 0 Å². The average molecular weight is 626 g/mol. The Labute approximate surface area is 274 Å². The second-order valence-corrected chi connectivity index (χ2v) is 13.5. The molecule has 246 valence electrons. The smallest absolute Gasteiger partial charge is 0.246 e. The lowest BCUT2D eigenvalue weighted by atomic mass is 9.98. The molecule has 0 aliphatic carbocycles. The van der Waals surface area contributed by atoms with Gasteiger partial charge in [-0.3, -0.25) is 19.3 Å². The monoisotopic (exact) mass is 625 g/mol. The summed E-state index contributed by atoms with van der Waals surface area (Å²) in [7, 11) is 7.25. The molecule has 2 N–H and O–H groups in total. The van der Waals surface area contributed by atoms with Crippen LogP contribution in [0.25, 0.3) is 10.8 Å². The molecule has 0 spiro atoms. The van der Waals surface area contributed by atoms with Gasteiger partial charge in [0.15, 0.2) is 0 Å². The number of nitrogens with zero attached hydrogens (tertiary/aromatic N) is 4. The van der Waals surface area contributed by atoms with Crippen LogP contribution in [0.4, 0.5) is 0 Å². The van der Waals surface area contributed by atoms with Crippen molar-refractivity contribution < 1.29 is 14.4 Å². The van der Waals surface area contributed by atoms with Gasteiger partial charge in [-0.15, -0.1) is 0 Å². The number of carbonyl (C=O) groups is 3. The minimum atomic E-state index is -0.831. The summed E-state index contributed by atoms with van der Waals surface area (Å²) in [4.78, 5) is 49.5. The third-order valence-electron chi connectivity index (χ3n) is 9.15. The SMILES string of the molecule is CN1CCCCC1N(C)C(=O)[C@@H](Cc1ccccc1)N(C)C(=O)[C@@H](Cc1ccc2ccccc2c1)N(C)C(=O)C=CCC(C)(C)N. The highest BCUT2D eigenvalue weighted by atomic mass is 16.2. The van der Waals surface area contributed by atoms with Crippen LogP contribution in [0.2, 0.25) is 0 Å². The largest absolute Gasteiger partial charge is 0.332 e. The third kappa shape index (κ3) is 9.04. The summed E-state index contributed by atoms with van der Waals surface area (Å²) in [6, 6.07) is 22.4. The fourth-order valence-corrected chi connectivity index (χ4v) is 6.26. The van der Waals surface area contributed by atoms with Crippen molar-refractivity contribution in [3.8, 4) is 0 Å². The molecule has 1 heterocycles. The quantitative estimate of drug-likeness (QED) is 0.291. The highest BCUT2D eigenvalue weighted by Gasteiger charge is 2.38. The summed E-state index contributed by atoms with van der Waals surface area (Å²) in [6.07, 6.45) is 7.47. The molecule has 46 heavy (non-hydrogen) atoms. The van der Waals surface area contributed by atoms with Crippen LogP contribution in [0, 0.1) is 0 Å². The number of likely N-dealkylation sites (tertiary alicyclic amines) is 1. The lowest BCUT2D eigenvalue weighted by molar-refractivity contribution is -0.151. The molecule has 1 saturated heterocycles. The number of nitrogens with two attached hydrogens (primary N) is 1. The molecule has 3 atom stereocenters. The van der Waals surface area contributed by atoms with Crippen molar-refractivity contribution in [2.75, 3.05) is 34.7 Å². The van der Waals surface area contributed by atoms with E-state index < -0.39 is 17.6 Å². The zero-order valence-electron chi connectivity index (χ0n) is 28.4. The maximum atomic E-state index is 14.6. The molecule has 4 rings (SSSR count). The van der Waals surface area contributed by atoms with Crippen LogP contribution in [-0.4, -0.2) is 95.8 Å². The minimum Gasteiger partial charge on any atom is -0.332 e. The summed E-state index contributed by atoms with van der Waals surface area (Å²) in [5.41, 5.74) is 7.57. The van der Waals surface area contributed by atoms with Gasteiger partial charge >= 0.3 is 0 Å². The molecule has 1 aliphatic rings. The molecule has 1 unspecified atom stereocenters. The molecule has 3 aromatic rings.